The van der Waals surface area contributed by atoms with Gasteiger partial charge in [-0.05, 0) is 64.8 Å². The van der Waals surface area contributed by atoms with Crippen LogP contribution in [0.15, 0.2) is 40.9 Å². The van der Waals surface area contributed by atoms with Crippen LogP contribution in [0.25, 0.3) is 6.08 Å². The van der Waals surface area contributed by atoms with Gasteiger partial charge in [0.1, 0.15) is 0 Å². The number of ketones is 1. The summed E-state index contributed by atoms with van der Waals surface area (Å²) in [6, 6.07) is 6.13. The molecule has 0 spiro atoms. The molecule has 2 aromatic rings. The van der Waals surface area contributed by atoms with Crippen LogP contribution in [0, 0.1) is 11.6 Å². The molecule has 2 rings (SSSR count). The van der Waals surface area contributed by atoms with Crippen molar-refractivity contribution in [2.45, 2.75) is 6.92 Å². The molecule has 0 bridgehead atoms. The molecule has 23 heavy (non-hydrogen) atoms. The van der Waals surface area contributed by atoms with E-state index in [9.17, 15) is 18.7 Å². The van der Waals surface area contributed by atoms with E-state index in [0.29, 0.717) is 16.6 Å². The molecule has 0 saturated heterocycles. The Morgan fingerprint density at radius 1 is 1.26 bits per heavy atom. The predicted octanol–water partition coefficient (Wildman–Crippen LogP) is 4.73. The molecule has 120 valence electrons. The number of halogens is 3. The van der Waals surface area contributed by atoms with Gasteiger partial charge in [0.2, 0.25) is 0 Å². The molecule has 0 radical (unpaired) electrons. The summed E-state index contributed by atoms with van der Waals surface area (Å²) in [5.41, 5.74) is 0.650. The third-order valence-electron chi connectivity index (χ3n) is 2.98. The van der Waals surface area contributed by atoms with Gasteiger partial charge in [0.05, 0.1) is 11.1 Å². The highest BCUT2D eigenvalue weighted by Crippen LogP contribution is 2.35. The van der Waals surface area contributed by atoms with Gasteiger partial charge in [-0.2, -0.15) is 0 Å². The van der Waals surface area contributed by atoms with Crippen molar-refractivity contribution < 1.29 is 23.4 Å². The second-order valence-corrected chi connectivity index (χ2v) is 5.46. The summed E-state index contributed by atoms with van der Waals surface area (Å²) in [6.07, 6.45) is 2.73. The third-order valence-corrected chi connectivity index (χ3v) is 3.59. The largest absolute Gasteiger partial charge is 0.503 e. The number of phenols is 1. The number of ether oxygens (including phenoxy) is 1. The maximum absolute atomic E-state index is 13.1. The molecule has 0 aromatic heterocycles. The lowest BCUT2D eigenvalue weighted by Crippen LogP contribution is -1.97. The number of benzene rings is 2. The van der Waals surface area contributed by atoms with Crippen LogP contribution in [0.4, 0.5) is 8.78 Å². The van der Waals surface area contributed by atoms with Crippen LogP contribution in [-0.2, 0) is 0 Å². The minimum absolute atomic E-state index is 0.0315. The summed E-state index contributed by atoms with van der Waals surface area (Å²) < 4.78 is 31.7. The van der Waals surface area contributed by atoms with E-state index in [-0.39, 0.29) is 17.1 Å². The average molecular weight is 383 g/mol. The highest BCUT2D eigenvalue weighted by atomic mass is 79.9. The Kier molecular flexibility index (Phi) is 5.50. The quantitative estimate of drug-likeness (QED) is 0.600. The van der Waals surface area contributed by atoms with Gasteiger partial charge < -0.3 is 9.84 Å². The zero-order valence-corrected chi connectivity index (χ0v) is 13.7. The lowest BCUT2D eigenvalue weighted by molar-refractivity contribution is 0.104. The van der Waals surface area contributed by atoms with E-state index in [4.69, 9.17) is 4.74 Å². The Morgan fingerprint density at radius 3 is 2.65 bits per heavy atom. The lowest BCUT2D eigenvalue weighted by Gasteiger charge is -2.08. The molecule has 0 aliphatic carbocycles. The van der Waals surface area contributed by atoms with Crippen LogP contribution in [0.2, 0.25) is 0 Å². The SMILES string of the molecule is CCOc1cc(/C=C/C(=O)c2ccc(F)c(F)c2)cc(Br)c1O. The van der Waals surface area contributed by atoms with Crippen LogP contribution >= 0.6 is 15.9 Å². The van der Waals surface area contributed by atoms with Gasteiger partial charge in [-0.3, -0.25) is 4.79 Å². The zero-order chi connectivity index (χ0) is 17.0. The van der Waals surface area contributed by atoms with Crippen molar-refractivity contribution in [3.8, 4) is 11.5 Å². The van der Waals surface area contributed by atoms with Crippen molar-refractivity contribution in [2.24, 2.45) is 0 Å². The number of rotatable bonds is 5. The highest BCUT2D eigenvalue weighted by molar-refractivity contribution is 9.10. The first kappa shape index (κ1) is 17.1. The van der Waals surface area contributed by atoms with Crippen LogP contribution in [0.1, 0.15) is 22.8 Å². The number of allylic oxidation sites excluding steroid dienone is 1. The fraction of sp³-hybridized carbons (Fsp3) is 0.118. The number of carbonyl (C=O) groups excluding carboxylic acids is 1. The second-order valence-electron chi connectivity index (χ2n) is 4.61. The molecule has 0 aliphatic heterocycles. The smallest absolute Gasteiger partial charge is 0.185 e. The molecule has 0 fully saturated rings. The Hall–Kier alpha value is -2.21. The standard InChI is InChI=1S/C17H13BrF2O3/c1-2-23-16-8-10(7-12(18)17(16)22)3-6-15(21)11-4-5-13(19)14(20)9-11/h3-9,22H,2H2,1H3/b6-3+. The molecule has 0 unspecified atom stereocenters. The van der Waals surface area contributed by atoms with Crippen LogP contribution in [0.5, 0.6) is 11.5 Å². The van der Waals surface area contributed by atoms with Crippen molar-refractivity contribution in [3.05, 3.63) is 63.6 Å². The maximum Gasteiger partial charge on any atom is 0.185 e. The van der Waals surface area contributed by atoms with E-state index >= 15 is 0 Å². The Morgan fingerprint density at radius 2 is 2.00 bits per heavy atom. The Labute approximate surface area is 140 Å². The normalized spacial score (nSPS) is 11.0. The summed E-state index contributed by atoms with van der Waals surface area (Å²) in [7, 11) is 0. The monoisotopic (exact) mass is 382 g/mol. The van der Waals surface area contributed by atoms with Crippen molar-refractivity contribution in [1.29, 1.82) is 0 Å². The molecule has 0 atom stereocenters. The van der Waals surface area contributed by atoms with E-state index in [0.717, 1.165) is 12.1 Å². The number of aromatic hydroxyl groups is 1. The fourth-order valence-corrected chi connectivity index (χ4v) is 2.33. The van der Waals surface area contributed by atoms with Crippen molar-refractivity contribution in [1.82, 2.24) is 0 Å². The first-order valence-electron chi connectivity index (χ1n) is 6.75. The predicted molar refractivity (Wildman–Crippen MR) is 86.7 cm³/mol. The van der Waals surface area contributed by atoms with E-state index < -0.39 is 17.4 Å². The highest BCUT2D eigenvalue weighted by Gasteiger charge is 2.10. The molecule has 0 aliphatic rings. The van der Waals surface area contributed by atoms with Crippen LogP contribution in [0.3, 0.4) is 0 Å². The third kappa shape index (κ3) is 4.16. The van der Waals surface area contributed by atoms with Gasteiger partial charge in [0.25, 0.3) is 0 Å². The van der Waals surface area contributed by atoms with E-state index in [1.165, 1.54) is 18.2 Å². The molecule has 0 saturated carbocycles. The van der Waals surface area contributed by atoms with Gasteiger partial charge >= 0.3 is 0 Å². The number of hydrogen-bond acceptors (Lipinski definition) is 3. The first-order chi connectivity index (χ1) is 10.9. The molecule has 1 N–H and O–H groups in total. The molecule has 6 heteroatoms. The number of carbonyl (C=O) groups is 1. The molecular weight excluding hydrogens is 370 g/mol. The Bertz CT molecular complexity index is 773. The summed E-state index contributed by atoms with van der Waals surface area (Å²) in [5.74, 6) is -2.30. The number of hydrogen-bond donors (Lipinski definition) is 1. The van der Waals surface area contributed by atoms with Crippen LogP contribution in [-0.4, -0.2) is 17.5 Å². The van der Waals surface area contributed by atoms with Gasteiger partial charge in [-0.1, -0.05) is 6.08 Å². The van der Waals surface area contributed by atoms with E-state index in [2.05, 4.69) is 15.9 Å². The van der Waals surface area contributed by atoms with Gasteiger partial charge in [0.15, 0.2) is 28.9 Å². The molecule has 0 amide bonds. The van der Waals surface area contributed by atoms with Crippen molar-refractivity contribution >= 4 is 27.8 Å². The van der Waals surface area contributed by atoms with Gasteiger partial charge in [0, 0.05) is 5.56 Å². The summed E-state index contributed by atoms with van der Waals surface area (Å²) in [5, 5.41) is 9.82. The van der Waals surface area contributed by atoms with Crippen molar-refractivity contribution in [3.63, 3.8) is 0 Å². The average Bonchev–Trinajstić information content (AvgIpc) is 2.52. The minimum atomic E-state index is -1.07. The molecular formula is C17H13BrF2O3. The van der Waals surface area contributed by atoms with E-state index in [1.807, 2.05) is 0 Å². The summed E-state index contributed by atoms with van der Waals surface area (Å²) >= 11 is 3.20. The minimum Gasteiger partial charge on any atom is -0.503 e. The van der Waals surface area contributed by atoms with Crippen molar-refractivity contribution in [2.75, 3.05) is 6.61 Å². The first-order valence-corrected chi connectivity index (χ1v) is 7.54. The topological polar surface area (TPSA) is 46.5 Å². The Balaban J connectivity index is 2.25. The maximum atomic E-state index is 13.1. The van der Waals surface area contributed by atoms with Gasteiger partial charge in [-0.15, -0.1) is 0 Å². The lowest BCUT2D eigenvalue weighted by atomic mass is 10.1. The fourth-order valence-electron chi connectivity index (χ4n) is 1.87. The number of phenolic OH excluding ortho intramolecular Hbond substituents is 1. The van der Waals surface area contributed by atoms with Gasteiger partial charge in [-0.25, -0.2) is 8.78 Å². The summed E-state index contributed by atoms with van der Waals surface area (Å²) in [6.45, 7) is 2.16. The summed E-state index contributed by atoms with van der Waals surface area (Å²) in [4.78, 5) is 12.0. The molecule has 3 nitrogen and oxygen atoms in total. The zero-order valence-electron chi connectivity index (χ0n) is 12.1. The molecule has 2 aromatic carbocycles. The van der Waals surface area contributed by atoms with E-state index in [1.54, 1.807) is 19.1 Å². The second kappa shape index (κ2) is 7.37. The van der Waals surface area contributed by atoms with Crippen LogP contribution < -0.4 is 4.74 Å². The molecule has 0 heterocycles.